The summed E-state index contributed by atoms with van der Waals surface area (Å²) < 4.78 is 82.7. The van der Waals surface area contributed by atoms with Crippen molar-refractivity contribution >= 4 is 17.8 Å². The Balaban J connectivity index is 0.590. The minimum Gasteiger partial charge on any atom is -0.489 e. The zero-order valence-corrected chi connectivity index (χ0v) is 62.7. The molecule has 0 radical (unpaired) electrons. The molecule has 5 aromatic rings. The van der Waals surface area contributed by atoms with Crippen LogP contribution in [0.5, 0.6) is 23.0 Å². The number of ether oxygens (including phenoxy) is 3. The van der Waals surface area contributed by atoms with Gasteiger partial charge >= 0.3 is 0 Å². The Bertz CT molecular complexity index is 5170. The number of halogens is 4. The lowest BCUT2D eigenvalue weighted by molar-refractivity contribution is 0.0880. The quantitative estimate of drug-likeness (QED) is 0.0645. The standard InChI is InChI=1S/C102H94F4N2O3/c1-3-65-29-43-81(44-30-65)109-83-47-35-73(36-48-83)101(71-19-7-5-8-20-71)91-27-13-11-25-85(91)87-51-33-69(59-93(87)101)67-17-15-23-75(57-67)107(77-41-55-95(103)97(105)61-77)79-39-53-89-90-54-40-80(64-100(90)111-99(89)63-79)108(78-42-56-96(104)98(106)62-78)76-24-16-18-68(58-76)70-34-52-88-86-26-12-14-28-92(86)102(94(88)60-70,72-21-9-6-10-22-72)74-37-49-84(50-38-74)110-82-45-31-66(4-2)32-46-82/h3-13,15,17-19,21-23,25-27,29-35,37-47,49-55,58,62-63,67,69-71,73,77,80,83,85,88,90-91,94,96,100H,1-2,14,16,20,24,28,36,48,56-57,59-61,64H2. The molecule has 17 atom stereocenters. The Hall–Kier alpha value is -10.6. The predicted molar refractivity (Wildman–Crippen MR) is 441 cm³/mol. The van der Waals surface area contributed by atoms with E-state index < -0.39 is 35.1 Å². The zero-order valence-electron chi connectivity index (χ0n) is 62.7. The van der Waals surface area contributed by atoms with E-state index in [1.807, 2.05) is 60.7 Å². The van der Waals surface area contributed by atoms with Gasteiger partial charge in [0, 0.05) is 88.2 Å². The van der Waals surface area contributed by atoms with Gasteiger partial charge in [-0.25, -0.2) is 17.6 Å². The van der Waals surface area contributed by atoms with Crippen molar-refractivity contribution in [2.24, 2.45) is 58.7 Å². The third kappa shape index (κ3) is 12.6. The summed E-state index contributed by atoms with van der Waals surface area (Å²) in [5.74, 6) is 2.73. The van der Waals surface area contributed by atoms with E-state index >= 15 is 17.6 Å². The van der Waals surface area contributed by atoms with Gasteiger partial charge in [-0.05, 0) is 212 Å². The first-order valence-electron chi connectivity index (χ1n) is 40.6. The Morgan fingerprint density at radius 3 is 2.09 bits per heavy atom. The van der Waals surface area contributed by atoms with Crippen LogP contribution < -0.4 is 19.1 Å². The normalized spacial score (nSPS) is 32.3. The molecule has 0 saturated heterocycles. The first-order chi connectivity index (χ1) is 54.5. The number of nitrogens with zero attached hydrogens (tertiary/aromatic N) is 2. The highest BCUT2D eigenvalue weighted by molar-refractivity contribution is 5.65. The van der Waals surface area contributed by atoms with Crippen molar-refractivity contribution in [2.75, 3.05) is 4.90 Å². The highest BCUT2D eigenvalue weighted by Gasteiger charge is 2.60. The Morgan fingerprint density at radius 2 is 1.32 bits per heavy atom. The monoisotopic (exact) mass is 1470 g/mol. The van der Waals surface area contributed by atoms with Crippen LogP contribution in [0.4, 0.5) is 23.2 Å². The number of anilines is 1. The summed E-state index contributed by atoms with van der Waals surface area (Å²) in [4.78, 5) is 4.51. The summed E-state index contributed by atoms with van der Waals surface area (Å²) in [5, 5.41) is 0. The van der Waals surface area contributed by atoms with Gasteiger partial charge in [0.15, 0.2) is 12.0 Å². The number of rotatable bonds is 18. The van der Waals surface area contributed by atoms with Crippen molar-refractivity contribution in [2.45, 2.75) is 125 Å². The van der Waals surface area contributed by atoms with Gasteiger partial charge in [0.05, 0.1) is 12.1 Å². The fourth-order valence-corrected chi connectivity index (χ4v) is 22.2. The number of benzene rings is 5. The largest absolute Gasteiger partial charge is 0.489 e. The van der Waals surface area contributed by atoms with Gasteiger partial charge < -0.3 is 24.0 Å². The Labute approximate surface area is 651 Å². The lowest BCUT2D eigenvalue weighted by Gasteiger charge is -2.51. The maximum Gasteiger partial charge on any atom is 0.155 e. The molecule has 5 aromatic carbocycles. The van der Waals surface area contributed by atoms with Crippen molar-refractivity contribution in [1.29, 1.82) is 0 Å². The van der Waals surface area contributed by atoms with E-state index in [4.69, 9.17) is 14.2 Å². The first kappa shape index (κ1) is 70.7. The van der Waals surface area contributed by atoms with Gasteiger partial charge in [0.25, 0.3) is 0 Å². The zero-order chi connectivity index (χ0) is 74.9. The fourth-order valence-electron chi connectivity index (χ4n) is 22.2. The Morgan fingerprint density at radius 1 is 0.550 bits per heavy atom. The molecule has 111 heavy (non-hydrogen) atoms. The molecule has 0 spiro atoms. The van der Waals surface area contributed by atoms with Crippen molar-refractivity contribution < 1.29 is 31.8 Å². The third-order valence-corrected chi connectivity index (χ3v) is 27.1. The van der Waals surface area contributed by atoms with Crippen molar-refractivity contribution in [3.05, 3.63) is 389 Å². The van der Waals surface area contributed by atoms with Gasteiger partial charge in [0.1, 0.15) is 46.9 Å². The highest BCUT2D eigenvalue weighted by Crippen LogP contribution is 2.68. The second-order valence-electron chi connectivity index (χ2n) is 32.7. The van der Waals surface area contributed by atoms with E-state index in [0.29, 0.717) is 30.4 Å². The van der Waals surface area contributed by atoms with Gasteiger partial charge in [-0.3, -0.25) is 0 Å². The van der Waals surface area contributed by atoms with Crippen molar-refractivity contribution in [3.63, 3.8) is 0 Å². The van der Waals surface area contributed by atoms with Crippen LogP contribution in [0.2, 0.25) is 0 Å². The van der Waals surface area contributed by atoms with Gasteiger partial charge in [-0.1, -0.05) is 243 Å². The first-order valence-corrected chi connectivity index (χ1v) is 40.6. The van der Waals surface area contributed by atoms with Crippen LogP contribution in [0.3, 0.4) is 0 Å². The highest BCUT2D eigenvalue weighted by atomic mass is 19.2. The molecule has 13 aliphatic carbocycles. The molecule has 1 aliphatic heterocycles. The molecule has 9 heteroatoms. The molecule has 0 bridgehead atoms. The molecule has 1 heterocycles. The van der Waals surface area contributed by atoms with Crippen LogP contribution in [-0.4, -0.2) is 35.4 Å². The number of fused-ring (bicyclic) bond motifs is 7. The van der Waals surface area contributed by atoms with Crippen LogP contribution in [0.25, 0.3) is 12.2 Å². The predicted octanol–water partition coefficient (Wildman–Crippen LogP) is 25.3. The van der Waals surface area contributed by atoms with E-state index in [-0.39, 0.29) is 83.8 Å². The van der Waals surface area contributed by atoms with Crippen LogP contribution >= 0.6 is 0 Å². The Kier molecular flexibility index (Phi) is 18.8. The van der Waals surface area contributed by atoms with Gasteiger partial charge in [0.2, 0.25) is 0 Å². The SMILES string of the molecule is C=Cc1ccc(Oc2ccc(C3(c4ccccc4)C4=C(C=CCC4)C4C=CC(C5=CCCC(N(C6=CCC(F)C(F)=C6)C6C=CC7c8ccc(N(C9=CC=CC(C%10C=CC%11=C(C%10)C(C%10C=CC=CC%10)(C%10C=CC(Oc%12ccc(C=C)cc%12)CC%10)C%10C=CC=CC%11%10)C9)C9C=CC(F)=C(F)C9)cc8OC7C6)=C5)CC43)cc2)cc1. The molecule has 0 N–H and O–H groups in total. The molecule has 0 saturated carbocycles. The van der Waals surface area contributed by atoms with Crippen LogP contribution in [0.1, 0.15) is 117 Å². The summed E-state index contributed by atoms with van der Waals surface area (Å²) >= 11 is 0. The minimum atomic E-state index is -1.69. The summed E-state index contributed by atoms with van der Waals surface area (Å²) in [6.45, 7) is 7.86. The minimum absolute atomic E-state index is 0.0203. The van der Waals surface area contributed by atoms with Crippen molar-refractivity contribution in [1.82, 2.24) is 4.90 Å². The fraction of sp³-hybridized carbons (Fsp3) is 0.294. The molecule has 0 aromatic heterocycles. The van der Waals surface area contributed by atoms with Crippen LogP contribution in [0.15, 0.2) is 361 Å². The second-order valence-corrected chi connectivity index (χ2v) is 32.7. The summed E-state index contributed by atoms with van der Waals surface area (Å²) in [5.41, 5.74) is 16.0. The van der Waals surface area contributed by atoms with Crippen molar-refractivity contribution in [3.8, 4) is 23.0 Å². The smallest absolute Gasteiger partial charge is 0.155 e. The topological polar surface area (TPSA) is 34.2 Å². The molecule has 0 amide bonds. The molecular weight excluding hydrogens is 1380 g/mol. The van der Waals surface area contributed by atoms with E-state index in [1.165, 1.54) is 45.6 Å². The average molecular weight is 1470 g/mol. The second kappa shape index (κ2) is 29.6. The lowest BCUT2D eigenvalue weighted by Crippen LogP contribution is -2.45. The summed E-state index contributed by atoms with van der Waals surface area (Å²) in [6, 6.07) is 41.9. The third-order valence-electron chi connectivity index (χ3n) is 27.1. The number of hydrogen-bond acceptors (Lipinski definition) is 5. The maximum atomic E-state index is 15.9. The molecule has 5 nitrogen and oxygen atoms in total. The molecule has 17 unspecified atom stereocenters. The van der Waals surface area contributed by atoms with E-state index in [0.717, 1.165) is 115 Å². The summed E-state index contributed by atoms with van der Waals surface area (Å²) in [6.07, 6.45) is 71.9. The maximum absolute atomic E-state index is 15.9. The van der Waals surface area contributed by atoms with E-state index in [9.17, 15) is 0 Å². The number of allylic oxidation sites excluding steroid dienone is 32. The molecule has 19 rings (SSSR count). The molecule has 558 valence electrons. The number of hydrogen-bond donors (Lipinski definition) is 0. The molecule has 0 fully saturated rings. The lowest BCUT2D eigenvalue weighted by atomic mass is 9.52. The molecule has 14 aliphatic rings. The number of alkyl halides is 1. The average Bonchev–Trinajstić information content (AvgIpc) is 1.55. The summed E-state index contributed by atoms with van der Waals surface area (Å²) in [7, 11) is 0. The van der Waals surface area contributed by atoms with Crippen LogP contribution in [-0.2, 0) is 5.41 Å². The van der Waals surface area contributed by atoms with Crippen LogP contribution in [0, 0.1) is 58.7 Å². The van der Waals surface area contributed by atoms with Gasteiger partial charge in [-0.2, -0.15) is 0 Å². The van der Waals surface area contributed by atoms with E-state index in [1.54, 1.807) is 5.57 Å². The van der Waals surface area contributed by atoms with E-state index in [2.05, 4.69) is 248 Å². The van der Waals surface area contributed by atoms with Gasteiger partial charge in [-0.15, -0.1) is 0 Å². The molecular formula is C102H94F4N2O3.